The fourth-order valence-electron chi connectivity index (χ4n) is 1.19. The van der Waals surface area contributed by atoms with Crippen LogP contribution in [0.5, 0.6) is 0 Å². The van der Waals surface area contributed by atoms with Gasteiger partial charge in [-0.3, -0.25) is 4.99 Å². The lowest BCUT2D eigenvalue weighted by Gasteiger charge is -2.11. The van der Waals surface area contributed by atoms with Gasteiger partial charge in [0.2, 0.25) is 0 Å². The number of benzene rings is 1. The van der Waals surface area contributed by atoms with Crippen molar-refractivity contribution >= 4 is 6.21 Å². The van der Waals surface area contributed by atoms with Gasteiger partial charge in [-0.1, -0.05) is 30.0 Å². The van der Waals surface area contributed by atoms with E-state index in [9.17, 15) is 0 Å². The summed E-state index contributed by atoms with van der Waals surface area (Å²) in [5, 5.41) is 0. The number of nitrogens with zero attached hydrogens (tertiary/aromatic N) is 1. The van der Waals surface area contributed by atoms with Gasteiger partial charge in [-0.15, -0.1) is 0 Å². The van der Waals surface area contributed by atoms with Gasteiger partial charge in [0.1, 0.15) is 6.61 Å². The van der Waals surface area contributed by atoms with E-state index < -0.39 is 0 Å². The van der Waals surface area contributed by atoms with Crippen molar-refractivity contribution in [2.75, 3.05) is 13.7 Å². The molecule has 0 saturated heterocycles. The van der Waals surface area contributed by atoms with Gasteiger partial charge in [0.25, 0.3) is 0 Å². The van der Waals surface area contributed by atoms with Crippen LogP contribution in [0.4, 0.5) is 0 Å². The first kappa shape index (κ1) is 13.5. The third kappa shape index (κ3) is 5.33. The number of aliphatic imine (C=N–C) groups is 1. The monoisotopic (exact) mass is 229 g/mol. The van der Waals surface area contributed by atoms with Gasteiger partial charge in [0.05, 0.1) is 5.54 Å². The summed E-state index contributed by atoms with van der Waals surface area (Å²) in [5.74, 6) is 6.04. The van der Waals surface area contributed by atoms with Crippen LogP contribution in [0.25, 0.3) is 0 Å². The molecule has 0 radical (unpaired) electrons. The van der Waals surface area contributed by atoms with Crippen molar-refractivity contribution in [1.29, 1.82) is 0 Å². The third-order valence-electron chi connectivity index (χ3n) is 1.99. The molecule has 1 aromatic carbocycles. The lowest BCUT2D eigenvalue weighted by Crippen LogP contribution is -2.09. The fourth-order valence-corrected chi connectivity index (χ4v) is 1.19. The van der Waals surface area contributed by atoms with Gasteiger partial charge < -0.3 is 4.74 Å². The largest absolute Gasteiger partial charge is 0.372 e. The van der Waals surface area contributed by atoms with Crippen LogP contribution in [0, 0.1) is 11.8 Å². The summed E-state index contributed by atoms with van der Waals surface area (Å²) >= 11 is 0. The molecule has 0 amide bonds. The first-order chi connectivity index (χ1) is 8.03. The third-order valence-corrected chi connectivity index (χ3v) is 1.99. The van der Waals surface area contributed by atoms with Crippen LogP contribution in [0.1, 0.15) is 31.9 Å². The summed E-state index contributed by atoms with van der Waals surface area (Å²) in [6, 6.07) is 7.98. The summed E-state index contributed by atoms with van der Waals surface area (Å²) in [4.78, 5) is 4.49. The molecule has 0 atom stereocenters. The molecule has 2 heteroatoms. The minimum absolute atomic E-state index is 0.0624. The molecule has 0 spiro atoms. The Morgan fingerprint density at radius 1 is 1.29 bits per heavy atom. The maximum absolute atomic E-state index is 4.91. The molecule has 17 heavy (non-hydrogen) atoms. The first-order valence-corrected chi connectivity index (χ1v) is 5.65. The number of rotatable bonds is 2. The molecule has 1 aromatic rings. The van der Waals surface area contributed by atoms with Crippen LogP contribution in [-0.2, 0) is 4.74 Å². The zero-order valence-corrected chi connectivity index (χ0v) is 10.9. The highest BCUT2D eigenvalue weighted by molar-refractivity contribution is 5.83. The van der Waals surface area contributed by atoms with E-state index in [0.29, 0.717) is 6.61 Å². The van der Waals surface area contributed by atoms with Crippen molar-refractivity contribution in [3.63, 3.8) is 0 Å². The molecule has 1 rings (SSSR count). The zero-order chi connectivity index (χ0) is 12.7. The number of hydrogen-bond acceptors (Lipinski definition) is 2. The van der Waals surface area contributed by atoms with Crippen molar-refractivity contribution in [3.8, 4) is 11.8 Å². The smallest absolute Gasteiger partial charge is 0.107 e. The van der Waals surface area contributed by atoms with Crippen molar-refractivity contribution in [3.05, 3.63) is 35.4 Å². The highest BCUT2D eigenvalue weighted by atomic mass is 16.5. The molecule has 0 saturated carbocycles. The second kappa shape index (κ2) is 6.22. The Labute approximate surface area is 104 Å². The standard InChI is InChI=1S/C15H19NO/c1-15(2,3)16-12-14-9-6-5-8-13(14)10-7-11-17-4/h5-6,8-9,12H,11H2,1-4H3. The predicted molar refractivity (Wildman–Crippen MR) is 72.5 cm³/mol. The van der Waals surface area contributed by atoms with Gasteiger partial charge in [-0.05, 0) is 26.8 Å². The fraction of sp³-hybridized carbons (Fsp3) is 0.400. The predicted octanol–water partition coefficient (Wildman–Crippen LogP) is 2.90. The van der Waals surface area contributed by atoms with Crippen LogP contribution >= 0.6 is 0 Å². The highest BCUT2D eigenvalue weighted by Gasteiger charge is 2.05. The van der Waals surface area contributed by atoms with E-state index in [1.54, 1.807) is 7.11 Å². The normalized spacial score (nSPS) is 11.3. The van der Waals surface area contributed by atoms with E-state index in [4.69, 9.17) is 4.74 Å². The maximum atomic E-state index is 4.91. The number of methoxy groups -OCH3 is 1. The van der Waals surface area contributed by atoms with Crippen molar-refractivity contribution in [1.82, 2.24) is 0 Å². The number of hydrogen-bond donors (Lipinski definition) is 0. The molecular weight excluding hydrogens is 210 g/mol. The van der Waals surface area contributed by atoms with Crippen LogP contribution in [0.15, 0.2) is 29.3 Å². The minimum atomic E-state index is -0.0624. The second-order valence-electron chi connectivity index (χ2n) is 4.75. The summed E-state index contributed by atoms with van der Waals surface area (Å²) < 4.78 is 4.91. The van der Waals surface area contributed by atoms with Gasteiger partial charge in [-0.25, -0.2) is 0 Å². The van der Waals surface area contributed by atoms with Crippen LogP contribution in [0.2, 0.25) is 0 Å². The van der Waals surface area contributed by atoms with Crippen LogP contribution in [-0.4, -0.2) is 25.5 Å². The molecule has 0 aliphatic rings. The Kier molecular flexibility index (Phi) is 4.93. The van der Waals surface area contributed by atoms with E-state index in [1.807, 2.05) is 30.5 Å². The lowest BCUT2D eigenvalue weighted by atomic mass is 10.1. The quantitative estimate of drug-likeness (QED) is 0.564. The van der Waals surface area contributed by atoms with Crippen LogP contribution < -0.4 is 0 Å². The Balaban J connectivity index is 2.94. The molecule has 0 bridgehead atoms. The first-order valence-electron chi connectivity index (χ1n) is 5.65. The maximum Gasteiger partial charge on any atom is 0.107 e. The van der Waals surface area contributed by atoms with Gasteiger partial charge in [0.15, 0.2) is 0 Å². The molecular formula is C15H19NO. The highest BCUT2D eigenvalue weighted by Crippen LogP contribution is 2.09. The van der Waals surface area contributed by atoms with Crippen molar-refractivity contribution in [2.45, 2.75) is 26.3 Å². The Bertz CT molecular complexity index is 444. The average Bonchev–Trinajstić information content (AvgIpc) is 2.27. The summed E-state index contributed by atoms with van der Waals surface area (Å²) in [6.45, 7) is 6.67. The molecule has 0 heterocycles. The van der Waals surface area contributed by atoms with Crippen molar-refractivity contribution < 1.29 is 4.74 Å². The molecule has 0 aliphatic carbocycles. The van der Waals surface area contributed by atoms with E-state index >= 15 is 0 Å². The summed E-state index contributed by atoms with van der Waals surface area (Å²) in [7, 11) is 1.64. The molecule has 0 aromatic heterocycles. The Morgan fingerprint density at radius 3 is 2.65 bits per heavy atom. The van der Waals surface area contributed by atoms with Gasteiger partial charge in [-0.2, -0.15) is 0 Å². The molecule has 0 fully saturated rings. The molecule has 0 N–H and O–H groups in total. The van der Waals surface area contributed by atoms with Gasteiger partial charge >= 0.3 is 0 Å². The molecule has 90 valence electrons. The minimum Gasteiger partial charge on any atom is -0.372 e. The van der Waals surface area contributed by atoms with Gasteiger partial charge in [0, 0.05) is 24.5 Å². The Morgan fingerprint density at radius 2 is 2.00 bits per heavy atom. The lowest BCUT2D eigenvalue weighted by molar-refractivity contribution is 0.240. The average molecular weight is 229 g/mol. The Hall–Kier alpha value is -1.59. The topological polar surface area (TPSA) is 21.6 Å². The second-order valence-corrected chi connectivity index (χ2v) is 4.75. The summed E-state index contributed by atoms with van der Waals surface area (Å²) in [5.41, 5.74) is 1.97. The zero-order valence-electron chi connectivity index (χ0n) is 10.9. The number of ether oxygens (including phenoxy) is 1. The SMILES string of the molecule is COCC#Cc1ccccc1C=NC(C)(C)C. The molecule has 0 unspecified atom stereocenters. The van der Waals surface area contributed by atoms with Crippen molar-refractivity contribution in [2.24, 2.45) is 4.99 Å². The van der Waals surface area contributed by atoms with E-state index in [1.165, 1.54) is 0 Å². The van der Waals surface area contributed by atoms with E-state index in [0.717, 1.165) is 11.1 Å². The van der Waals surface area contributed by atoms with Crippen LogP contribution in [0.3, 0.4) is 0 Å². The molecule has 2 nitrogen and oxygen atoms in total. The summed E-state index contributed by atoms with van der Waals surface area (Å²) in [6.07, 6.45) is 1.89. The van der Waals surface area contributed by atoms with E-state index in [-0.39, 0.29) is 5.54 Å². The molecule has 0 aliphatic heterocycles. The van der Waals surface area contributed by atoms with E-state index in [2.05, 4.69) is 37.6 Å².